The summed E-state index contributed by atoms with van der Waals surface area (Å²) >= 11 is 12.7. The van der Waals surface area contributed by atoms with E-state index in [0.29, 0.717) is 32.9 Å². The zero-order valence-corrected chi connectivity index (χ0v) is 15.5. The van der Waals surface area contributed by atoms with Gasteiger partial charge in [0, 0.05) is 11.3 Å². The first-order chi connectivity index (χ1) is 13.1. The number of hydrogen-bond donors (Lipinski definition) is 1. The van der Waals surface area contributed by atoms with Crippen molar-refractivity contribution < 1.29 is 14.1 Å². The molecule has 136 valence electrons. The van der Waals surface area contributed by atoms with Gasteiger partial charge >= 0.3 is 0 Å². The Kier molecular flexibility index (Phi) is 3.67. The number of hydrogen-bond acceptors (Lipinski definition) is 5. The van der Waals surface area contributed by atoms with Gasteiger partial charge in [-0.05, 0) is 48.7 Å². The Morgan fingerprint density at radius 3 is 2.56 bits per heavy atom. The Labute approximate surface area is 164 Å². The van der Waals surface area contributed by atoms with Crippen LogP contribution < -0.4 is 10.1 Å². The number of ether oxygens (including phenoxy) is 1. The summed E-state index contributed by atoms with van der Waals surface area (Å²) in [5.74, 6) is 1.37. The van der Waals surface area contributed by atoms with Crippen molar-refractivity contribution >= 4 is 34.8 Å². The fourth-order valence-electron chi connectivity index (χ4n) is 3.68. The highest BCUT2D eigenvalue weighted by Gasteiger charge is 2.51. The number of carbonyl (C=O) groups excluding carboxylic acids is 1. The maximum atomic E-state index is 12.3. The third-order valence-corrected chi connectivity index (χ3v) is 5.80. The van der Waals surface area contributed by atoms with Crippen molar-refractivity contribution in [3.05, 3.63) is 52.3 Å². The molecule has 6 nitrogen and oxygen atoms in total. The minimum atomic E-state index is -0.412. The van der Waals surface area contributed by atoms with Gasteiger partial charge in [0.25, 0.3) is 0 Å². The number of fused-ring (bicyclic) bond motifs is 2. The van der Waals surface area contributed by atoms with Crippen LogP contribution in [0.2, 0.25) is 10.0 Å². The first kappa shape index (κ1) is 16.6. The summed E-state index contributed by atoms with van der Waals surface area (Å²) in [6, 6.07) is 8.87. The molecule has 0 atom stereocenters. The van der Waals surface area contributed by atoms with Gasteiger partial charge in [-0.1, -0.05) is 34.8 Å². The summed E-state index contributed by atoms with van der Waals surface area (Å²) in [5, 5.41) is 7.39. The molecule has 1 N–H and O–H groups in total. The maximum Gasteiger partial charge on any atom is 0.235 e. The second kappa shape index (κ2) is 5.97. The van der Waals surface area contributed by atoms with Gasteiger partial charge in [0.15, 0.2) is 5.75 Å². The van der Waals surface area contributed by atoms with Crippen LogP contribution in [0.4, 0.5) is 5.69 Å². The highest BCUT2D eigenvalue weighted by Crippen LogP contribution is 2.52. The first-order valence-electron chi connectivity index (χ1n) is 8.46. The van der Waals surface area contributed by atoms with Crippen LogP contribution in [0.15, 0.2) is 41.2 Å². The summed E-state index contributed by atoms with van der Waals surface area (Å²) in [7, 11) is 0. The standard InChI is InChI=1S/C19H13Cl2N3O3/c20-13-6-10(17-22-9-26-24-17)7-14(21)16(13)27-11-2-3-15-12(8-11)19(4-1-5-19)18(25)23-15/h2-3,6-9H,1,4-5H2,(H,23,25). The zero-order chi connectivity index (χ0) is 18.6. The van der Waals surface area contributed by atoms with Gasteiger partial charge in [-0.15, -0.1) is 0 Å². The number of anilines is 1. The number of halogens is 2. The molecule has 27 heavy (non-hydrogen) atoms. The van der Waals surface area contributed by atoms with Crippen LogP contribution in [0.3, 0.4) is 0 Å². The van der Waals surface area contributed by atoms with E-state index < -0.39 is 5.41 Å². The lowest BCUT2D eigenvalue weighted by Crippen LogP contribution is -2.40. The predicted octanol–water partition coefficient (Wildman–Crippen LogP) is 5.21. The van der Waals surface area contributed by atoms with Crippen molar-refractivity contribution in [2.24, 2.45) is 0 Å². The van der Waals surface area contributed by atoms with Gasteiger partial charge in [0.2, 0.25) is 18.1 Å². The van der Waals surface area contributed by atoms with E-state index in [9.17, 15) is 4.79 Å². The molecule has 1 spiro atoms. The average molecular weight is 402 g/mol. The Morgan fingerprint density at radius 2 is 1.93 bits per heavy atom. The van der Waals surface area contributed by atoms with Crippen LogP contribution in [-0.2, 0) is 10.2 Å². The summed E-state index contributed by atoms with van der Waals surface area (Å²) in [4.78, 5) is 16.3. The molecule has 0 bridgehead atoms. The number of nitrogens with zero attached hydrogens (tertiary/aromatic N) is 2. The smallest absolute Gasteiger partial charge is 0.235 e. The number of nitrogens with one attached hydrogen (secondary N) is 1. The van der Waals surface area contributed by atoms with Crippen molar-refractivity contribution in [1.82, 2.24) is 10.1 Å². The third-order valence-electron chi connectivity index (χ3n) is 5.23. The van der Waals surface area contributed by atoms with E-state index in [0.717, 1.165) is 30.5 Å². The van der Waals surface area contributed by atoms with Gasteiger partial charge in [0.1, 0.15) is 5.75 Å². The quantitative estimate of drug-likeness (QED) is 0.651. The maximum absolute atomic E-state index is 12.3. The van der Waals surface area contributed by atoms with E-state index in [1.54, 1.807) is 18.2 Å². The van der Waals surface area contributed by atoms with E-state index in [1.165, 1.54) is 6.39 Å². The zero-order valence-electron chi connectivity index (χ0n) is 14.0. The average Bonchev–Trinajstić information content (AvgIpc) is 3.22. The topological polar surface area (TPSA) is 77.2 Å². The summed E-state index contributed by atoms with van der Waals surface area (Å²) in [5.41, 5.74) is 2.04. The van der Waals surface area contributed by atoms with Crippen LogP contribution >= 0.6 is 23.2 Å². The molecule has 1 aliphatic carbocycles. The van der Waals surface area contributed by atoms with Gasteiger partial charge in [0.05, 0.1) is 15.5 Å². The second-order valence-electron chi connectivity index (χ2n) is 6.72. The van der Waals surface area contributed by atoms with Crippen LogP contribution in [0.25, 0.3) is 11.4 Å². The lowest BCUT2D eigenvalue weighted by Gasteiger charge is -2.36. The summed E-state index contributed by atoms with van der Waals surface area (Å²) in [6.45, 7) is 0. The van der Waals surface area contributed by atoms with Crippen LogP contribution in [0.5, 0.6) is 11.5 Å². The van der Waals surface area contributed by atoms with Crippen LogP contribution in [0.1, 0.15) is 24.8 Å². The fourth-order valence-corrected chi connectivity index (χ4v) is 4.25. The molecule has 3 aromatic rings. The van der Waals surface area contributed by atoms with Gasteiger partial charge < -0.3 is 14.6 Å². The van der Waals surface area contributed by atoms with Crippen molar-refractivity contribution in [2.75, 3.05) is 5.32 Å². The molecular weight excluding hydrogens is 389 g/mol. The molecule has 1 aromatic heterocycles. The van der Waals surface area contributed by atoms with Crippen molar-refractivity contribution in [3.8, 4) is 22.9 Å². The Balaban J connectivity index is 1.49. The lowest BCUT2D eigenvalue weighted by atomic mass is 9.65. The monoisotopic (exact) mass is 401 g/mol. The number of benzene rings is 2. The Hall–Kier alpha value is -2.57. The molecule has 2 aliphatic rings. The largest absolute Gasteiger partial charge is 0.454 e. The molecule has 2 heterocycles. The predicted molar refractivity (Wildman–Crippen MR) is 100 cm³/mol. The van der Waals surface area contributed by atoms with Crippen LogP contribution in [-0.4, -0.2) is 16.0 Å². The van der Waals surface area contributed by atoms with Gasteiger partial charge in [-0.2, -0.15) is 4.98 Å². The molecule has 8 heteroatoms. The Bertz CT molecular complexity index is 1040. The minimum Gasteiger partial charge on any atom is -0.454 e. The highest BCUT2D eigenvalue weighted by molar-refractivity contribution is 6.37. The third kappa shape index (κ3) is 2.51. The molecule has 5 rings (SSSR count). The summed E-state index contributed by atoms with van der Waals surface area (Å²) < 4.78 is 10.7. The first-order valence-corrected chi connectivity index (χ1v) is 9.22. The van der Waals surface area contributed by atoms with Crippen molar-refractivity contribution in [2.45, 2.75) is 24.7 Å². The Morgan fingerprint density at radius 1 is 1.15 bits per heavy atom. The molecular formula is C19H13Cl2N3O3. The molecule has 0 saturated heterocycles. The molecule has 2 aromatic carbocycles. The van der Waals surface area contributed by atoms with E-state index in [4.69, 9.17) is 32.5 Å². The number of rotatable bonds is 3. The molecule has 1 aliphatic heterocycles. The van der Waals surface area contributed by atoms with Crippen molar-refractivity contribution in [3.63, 3.8) is 0 Å². The molecule has 0 radical (unpaired) electrons. The SMILES string of the molecule is O=C1Nc2ccc(Oc3c(Cl)cc(-c4ncon4)cc3Cl)cc2C12CCC2. The molecule has 1 amide bonds. The minimum absolute atomic E-state index is 0.0708. The van der Waals surface area contributed by atoms with Gasteiger partial charge in [-0.3, -0.25) is 4.79 Å². The van der Waals surface area contributed by atoms with Crippen molar-refractivity contribution in [1.29, 1.82) is 0 Å². The fraction of sp³-hybridized carbons (Fsp3) is 0.211. The highest BCUT2D eigenvalue weighted by atomic mass is 35.5. The van der Waals surface area contributed by atoms with E-state index in [1.807, 2.05) is 12.1 Å². The second-order valence-corrected chi connectivity index (χ2v) is 7.54. The van der Waals surface area contributed by atoms with E-state index >= 15 is 0 Å². The number of amides is 1. The summed E-state index contributed by atoms with van der Waals surface area (Å²) in [6.07, 6.45) is 4.00. The number of carbonyl (C=O) groups is 1. The molecule has 0 unspecified atom stereocenters. The van der Waals surface area contributed by atoms with Gasteiger partial charge in [-0.25, -0.2) is 0 Å². The molecule has 1 fully saturated rings. The molecule has 1 saturated carbocycles. The van der Waals surface area contributed by atoms with E-state index in [2.05, 4.69) is 15.5 Å². The lowest BCUT2D eigenvalue weighted by molar-refractivity contribution is -0.123. The number of aromatic nitrogens is 2. The van der Waals surface area contributed by atoms with Crippen LogP contribution in [0, 0.1) is 0 Å². The van der Waals surface area contributed by atoms with E-state index in [-0.39, 0.29) is 5.91 Å². The normalized spacial score (nSPS) is 16.7.